The molecule has 1 atom stereocenters. The number of hydrogen-bond donors (Lipinski definition) is 0. The van der Waals surface area contributed by atoms with Crippen LogP contribution in [0.4, 0.5) is 8.78 Å². The topological polar surface area (TPSA) is 18.5 Å². The van der Waals surface area contributed by atoms with E-state index < -0.39 is 23.5 Å². The number of rotatable bonds is 4. The summed E-state index contributed by atoms with van der Waals surface area (Å²) in [5.74, 6) is -1.47. The first-order chi connectivity index (χ1) is 11.1. The van der Waals surface area contributed by atoms with E-state index in [1.165, 1.54) is 19.3 Å². The quantitative estimate of drug-likeness (QED) is 0.647. The van der Waals surface area contributed by atoms with Gasteiger partial charge in [0.1, 0.15) is 11.9 Å². The summed E-state index contributed by atoms with van der Waals surface area (Å²) in [7, 11) is 0. The molecule has 0 radical (unpaired) electrons. The van der Waals surface area contributed by atoms with Gasteiger partial charge in [-0.25, -0.2) is 8.78 Å². The van der Waals surface area contributed by atoms with Crippen LogP contribution in [0.3, 0.4) is 0 Å². The Morgan fingerprint density at radius 1 is 1.00 bits per heavy atom. The minimum atomic E-state index is -0.832. The van der Waals surface area contributed by atoms with Gasteiger partial charge in [-0.1, -0.05) is 26.2 Å². The zero-order valence-corrected chi connectivity index (χ0v) is 14.3. The van der Waals surface area contributed by atoms with Crippen molar-refractivity contribution in [1.29, 1.82) is 0 Å². The highest BCUT2D eigenvalue weighted by Crippen LogP contribution is 2.42. The van der Waals surface area contributed by atoms with Crippen molar-refractivity contribution in [2.24, 2.45) is 11.8 Å². The Balaban J connectivity index is 1.58. The fourth-order valence-corrected chi connectivity index (χ4v) is 4.49. The summed E-state index contributed by atoms with van der Waals surface area (Å²) in [5, 5.41) is 0. The minimum Gasteiger partial charge on any atom is -0.347 e. The molecule has 0 bridgehead atoms. The Hall–Kier alpha value is -0.480. The standard InChI is InChI=1S/C19H30F2O2/c1-2-6-14-7-9-15(10-8-14)17(20)18(21)16-13-22-19(23-16)11-4-3-5-12-19/h14-16H,2-13H2,1H3/b18-17+. The molecule has 3 rings (SSSR count). The third kappa shape index (κ3) is 3.96. The van der Waals surface area contributed by atoms with Crippen molar-refractivity contribution < 1.29 is 18.3 Å². The van der Waals surface area contributed by atoms with Gasteiger partial charge in [-0.3, -0.25) is 0 Å². The molecule has 0 amide bonds. The SMILES string of the molecule is CCCC1CCC(/C(F)=C(\F)C2COC3(CCCCC3)O2)CC1. The number of halogens is 2. The van der Waals surface area contributed by atoms with E-state index in [1.54, 1.807) is 0 Å². The van der Waals surface area contributed by atoms with Crippen LogP contribution in [0.1, 0.15) is 77.6 Å². The van der Waals surface area contributed by atoms with E-state index in [9.17, 15) is 8.78 Å². The van der Waals surface area contributed by atoms with E-state index in [-0.39, 0.29) is 12.5 Å². The van der Waals surface area contributed by atoms with Crippen molar-refractivity contribution in [3.8, 4) is 0 Å². The monoisotopic (exact) mass is 328 g/mol. The molecule has 3 fully saturated rings. The van der Waals surface area contributed by atoms with E-state index >= 15 is 0 Å². The zero-order valence-electron chi connectivity index (χ0n) is 14.3. The molecule has 1 spiro atoms. The Labute approximate surface area is 138 Å². The Kier molecular flexibility index (Phi) is 5.74. The van der Waals surface area contributed by atoms with Crippen molar-refractivity contribution in [3.05, 3.63) is 11.7 Å². The summed E-state index contributed by atoms with van der Waals surface area (Å²) in [4.78, 5) is 0. The van der Waals surface area contributed by atoms with E-state index in [0.717, 1.165) is 51.4 Å². The molecule has 1 heterocycles. The third-order valence-electron chi connectivity index (χ3n) is 5.88. The first-order valence-corrected chi connectivity index (χ1v) is 9.50. The number of ether oxygens (including phenoxy) is 2. The minimum absolute atomic E-state index is 0.157. The average molecular weight is 328 g/mol. The Morgan fingerprint density at radius 3 is 2.35 bits per heavy atom. The first-order valence-electron chi connectivity index (χ1n) is 9.50. The summed E-state index contributed by atoms with van der Waals surface area (Å²) in [6.45, 7) is 2.34. The van der Waals surface area contributed by atoms with Gasteiger partial charge in [-0.2, -0.15) is 0 Å². The van der Waals surface area contributed by atoms with Gasteiger partial charge in [-0.15, -0.1) is 0 Å². The van der Waals surface area contributed by atoms with E-state index in [4.69, 9.17) is 9.47 Å². The molecule has 1 saturated heterocycles. The maximum atomic E-state index is 14.6. The summed E-state index contributed by atoms with van der Waals surface area (Å²) in [6.07, 6.45) is 10.0. The fraction of sp³-hybridized carbons (Fsp3) is 0.895. The van der Waals surface area contributed by atoms with Crippen LogP contribution >= 0.6 is 0 Å². The van der Waals surface area contributed by atoms with Crippen molar-refractivity contribution >= 4 is 0 Å². The van der Waals surface area contributed by atoms with Crippen molar-refractivity contribution in [2.45, 2.75) is 89.4 Å². The zero-order chi connectivity index (χ0) is 16.3. The molecule has 2 nitrogen and oxygen atoms in total. The maximum absolute atomic E-state index is 14.6. The molecule has 3 aliphatic rings. The summed E-state index contributed by atoms with van der Waals surface area (Å²) in [5.41, 5.74) is 0. The van der Waals surface area contributed by atoms with Gasteiger partial charge < -0.3 is 9.47 Å². The van der Waals surface area contributed by atoms with Crippen LogP contribution in [0, 0.1) is 11.8 Å². The second kappa shape index (κ2) is 7.60. The summed E-state index contributed by atoms with van der Waals surface area (Å²) < 4.78 is 40.7. The highest BCUT2D eigenvalue weighted by atomic mass is 19.2. The Morgan fingerprint density at radius 2 is 1.70 bits per heavy atom. The van der Waals surface area contributed by atoms with Crippen molar-refractivity contribution in [3.63, 3.8) is 0 Å². The van der Waals surface area contributed by atoms with Crippen LogP contribution in [0.5, 0.6) is 0 Å². The number of allylic oxidation sites excluding steroid dienone is 1. The van der Waals surface area contributed by atoms with Gasteiger partial charge in [0.15, 0.2) is 11.6 Å². The predicted molar refractivity (Wildman–Crippen MR) is 86.2 cm³/mol. The van der Waals surface area contributed by atoms with Gasteiger partial charge in [0, 0.05) is 18.8 Å². The highest BCUT2D eigenvalue weighted by molar-refractivity contribution is 5.11. The van der Waals surface area contributed by atoms with Crippen LogP contribution < -0.4 is 0 Å². The normalized spacial score (nSPS) is 35.3. The molecule has 1 aliphatic heterocycles. The first kappa shape index (κ1) is 17.3. The average Bonchev–Trinajstić information content (AvgIpc) is 2.98. The van der Waals surface area contributed by atoms with Gasteiger partial charge >= 0.3 is 0 Å². The Bertz CT molecular complexity index is 421. The molecule has 0 aromatic heterocycles. The van der Waals surface area contributed by atoms with Gasteiger partial charge in [0.05, 0.1) is 6.61 Å². The second-order valence-corrected chi connectivity index (χ2v) is 7.59. The van der Waals surface area contributed by atoms with Crippen LogP contribution in [0.15, 0.2) is 11.7 Å². The molecule has 2 saturated carbocycles. The van der Waals surface area contributed by atoms with Gasteiger partial charge in [0.2, 0.25) is 0 Å². The maximum Gasteiger partial charge on any atom is 0.169 e. The lowest BCUT2D eigenvalue weighted by molar-refractivity contribution is -0.185. The van der Waals surface area contributed by atoms with Gasteiger partial charge in [-0.05, 0) is 44.4 Å². The molecular formula is C19H30F2O2. The molecule has 0 aromatic rings. The van der Waals surface area contributed by atoms with Crippen LogP contribution in [0.2, 0.25) is 0 Å². The van der Waals surface area contributed by atoms with Crippen LogP contribution in [0.25, 0.3) is 0 Å². The lowest BCUT2D eigenvalue weighted by Gasteiger charge is -2.31. The van der Waals surface area contributed by atoms with Crippen LogP contribution in [-0.4, -0.2) is 18.5 Å². The largest absolute Gasteiger partial charge is 0.347 e. The highest BCUT2D eigenvalue weighted by Gasteiger charge is 2.45. The van der Waals surface area contributed by atoms with E-state index in [2.05, 4.69) is 6.92 Å². The van der Waals surface area contributed by atoms with Crippen molar-refractivity contribution in [1.82, 2.24) is 0 Å². The molecule has 4 heteroatoms. The number of hydrogen-bond acceptors (Lipinski definition) is 2. The van der Waals surface area contributed by atoms with E-state index in [0.29, 0.717) is 5.92 Å². The molecule has 1 unspecified atom stereocenters. The lowest BCUT2D eigenvalue weighted by Crippen LogP contribution is -2.33. The molecule has 23 heavy (non-hydrogen) atoms. The molecular weight excluding hydrogens is 298 g/mol. The van der Waals surface area contributed by atoms with Crippen LogP contribution in [-0.2, 0) is 9.47 Å². The summed E-state index contributed by atoms with van der Waals surface area (Å²) in [6, 6.07) is 0. The molecule has 2 aliphatic carbocycles. The van der Waals surface area contributed by atoms with E-state index in [1.807, 2.05) is 0 Å². The molecule has 132 valence electrons. The molecule has 0 N–H and O–H groups in total. The smallest absolute Gasteiger partial charge is 0.169 e. The third-order valence-corrected chi connectivity index (χ3v) is 5.88. The lowest BCUT2D eigenvalue weighted by atomic mass is 9.79. The second-order valence-electron chi connectivity index (χ2n) is 7.59. The van der Waals surface area contributed by atoms with Crippen molar-refractivity contribution in [2.75, 3.05) is 6.61 Å². The van der Waals surface area contributed by atoms with Gasteiger partial charge in [0.25, 0.3) is 0 Å². The summed E-state index contributed by atoms with van der Waals surface area (Å²) >= 11 is 0. The predicted octanol–water partition coefficient (Wildman–Crippen LogP) is 5.82. The fourth-order valence-electron chi connectivity index (χ4n) is 4.49. The molecule has 0 aromatic carbocycles.